The molecule has 1 N–H and O–H groups in total. The van der Waals surface area contributed by atoms with Crippen LogP contribution in [0.25, 0.3) is 0 Å². The number of carbonyl (C=O) groups is 1. The Balaban J connectivity index is 1.80. The summed E-state index contributed by atoms with van der Waals surface area (Å²) in [4.78, 5) is 23.6. The monoisotopic (exact) mass is 286 g/mol. The highest BCUT2D eigenvalue weighted by Gasteiger charge is 2.40. The lowest BCUT2D eigenvalue weighted by Crippen LogP contribution is -2.61. The molecule has 1 aliphatic heterocycles. The third-order valence-corrected chi connectivity index (χ3v) is 3.89. The van der Waals surface area contributed by atoms with Gasteiger partial charge in [-0.25, -0.2) is 4.79 Å². The summed E-state index contributed by atoms with van der Waals surface area (Å²) >= 11 is 1.16. The van der Waals surface area contributed by atoms with Crippen LogP contribution < -0.4 is 0 Å². The minimum atomic E-state index is -0.978. The van der Waals surface area contributed by atoms with Crippen molar-refractivity contribution in [3.63, 3.8) is 0 Å². The summed E-state index contributed by atoms with van der Waals surface area (Å²) in [6.45, 7) is 3.46. The summed E-state index contributed by atoms with van der Waals surface area (Å²) in [5.41, 5.74) is -0.429. The van der Waals surface area contributed by atoms with Crippen LogP contribution in [0.3, 0.4) is 0 Å². The van der Waals surface area contributed by atoms with Crippen LogP contribution in [-0.4, -0.2) is 46.2 Å². The van der Waals surface area contributed by atoms with Gasteiger partial charge in [-0.2, -0.15) is 0 Å². The van der Waals surface area contributed by atoms with Crippen LogP contribution in [-0.2, 0) is 16.1 Å². The third-order valence-electron chi connectivity index (χ3n) is 2.87. The molecule has 0 atom stereocenters. The van der Waals surface area contributed by atoms with Crippen LogP contribution in [0.2, 0.25) is 0 Å². The van der Waals surface area contributed by atoms with Crippen molar-refractivity contribution in [3.05, 3.63) is 27.1 Å². The first kappa shape index (κ1) is 13.9. The van der Waals surface area contributed by atoms with Gasteiger partial charge in [0, 0.05) is 30.6 Å². The number of nitro groups is 1. The normalized spacial score (nSPS) is 17.9. The standard InChI is InChI=1S/C11H14N2O5S/c1-11(18-5-10(14)15)6-12(7-11)4-8-2-3-9(19-8)13(16)17/h2-3H,4-7H2,1H3,(H,14,15). The fraction of sp³-hybridized carbons (Fsp3) is 0.545. The van der Waals surface area contributed by atoms with E-state index >= 15 is 0 Å². The van der Waals surface area contributed by atoms with Gasteiger partial charge in [0.25, 0.3) is 0 Å². The highest BCUT2D eigenvalue weighted by Crippen LogP contribution is 2.30. The number of hydrogen-bond donors (Lipinski definition) is 1. The summed E-state index contributed by atoms with van der Waals surface area (Å²) < 4.78 is 5.29. The molecule has 0 spiro atoms. The zero-order valence-electron chi connectivity index (χ0n) is 10.4. The van der Waals surface area contributed by atoms with Crippen LogP contribution in [0.15, 0.2) is 12.1 Å². The smallest absolute Gasteiger partial charge is 0.329 e. The predicted molar refractivity (Wildman–Crippen MR) is 68.2 cm³/mol. The molecular formula is C11H14N2O5S. The largest absolute Gasteiger partial charge is 0.480 e. The van der Waals surface area contributed by atoms with Crippen molar-refractivity contribution in [1.29, 1.82) is 0 Å². The van der Waals surface area contributed by atoms with Gasteiger partial charge >= 0.3 is 11.0 Å². The molecule has 1 aliphatic rings. The number of carboxylic acid groups (broad SMARTS) is 1. The molecule has 104 valence electrons. The second-order valence-corrected chi connectivity index (χ2v) is 5.92. The number of aliphatic carboxylic acids is 1. The number of thiophene rings is 1. The number of ether oxygens (including phenoxy) is 1. The van der Waals surface area contributed by atoms with Gasteiger partial charge in [-0.3, -0.25) is 15.0 Å². The number of likely N-dealkylation sites (tertiary alicyclic amines) is 1. The zero-order valence-corrected chi connectivity index (χ0v) is 11.2. The van der Waals surface area contributed by atoms with Crippen LogP contribution in [0.4, 0.5) is 5.00 Å². The molecule has 0 amide bonds. The van der Waals surface area contributed by atoms with E-state index in [-0.39, 0.29) is 11.6 Å². The Morgan fingerprint density at radius 1 is 1.63 bits per heavy atom. The van der Waals surface area contributed by atoms with Crippen molar-refractivity contribution in [2.75, 3.05) is 19.7 Å². The van der Waals surface area contributed by atoms with Gasteiger partial charge in [-0.15, -0.1) is 0 Å². The van der Waals surface area contributed by atoms with Crippen molar-refractivity contribution in [2.45, 2.75) is 19.1 Å². The summed E-state index contributed by atoms with van der Waals surface area (Å²) in [5, 5.41) is 19.3. The third kappa shape index (κ3) is 3.49. The molecule has 0 unspecified atom stereocenters. The minimum absolute atomic E-state index is 0.139. The van der Waals surface area contributed by atoms with Crippen LogP contribution >= 0.6 is 11.3 Å². The molecule has 1 aromatic rings. The lowest BCUT2D eigenvalue weighted by Gasteiger charge is -2.47. The molecule has 1 fully saturated rings. The number of nitrogens with zero attached hydrogens (tertiary/aromatic N) is 2. The van der Waals surface area contributed by atoms with E-state index in [0.717, 1.165) is 16.2 Å². The maximum absolute atomic E-state index is 10.6. The Labute approximate surface area is 113 Å². The fourth-order valence-electron chi connectivity index (χ4n) is 2.11. The van der Waals surface area contributed by atoms with Gasteiger partial charge in [0.2, 0.25) is 0 Å². The molecule has 0 saturated carbocycles. The number of hydrogen-bond acceptors (Lipinski definition) is 6. The molecule has 0 bridgehead atoms. The minimum Gasteiger partial charge on any atom is -0.480 e. The van der Waals surface area contributed by atoms with Crippen LogP contribution in [0.5, 0.6) is 0 Å². The lowest BCUT2D eigenvalue weighted by atomic mass is 9.96. The van der Waals surface area contributed by atoms with Crippen molar-refractivity contribution in [2.24, 2.45) is 0 Å². The molecular weight excluding hydrogens is 272 g/mol. The molecule has 2 rings (SSSR count). The number of rotatable bonds is 6. The summed E-state index contributed by atoms with van der Waals surface area (Å²) in [6.07, 6.45) is 0. The van der Waals surface area contributed by atoms with Gasteiger partial charge in [-0.1, -0.05) is 11.3 Å². The van der Waals surface area contributed by atoms with E-state index in [1.165, 1.54) is 6.07 Å². The van der Waals surface area contributed by atoms with Gasteiger partial charge in [0.05, 0.1) is 10.5 Å². The topological polar surface area (TPSA) is 92.9 Å². The Kier molecular flexibility index (Phi) is 3.83. The summed E-state index contributed by atoms with van der Waals surface area (Å²) in [7, 11) is 0. The van der Waals surface area contributed by atoms with E-state index in [1.54, 1.807) is 6.07 Å². The maximum Gasteiger partial charge on any atom is 0.329 e. The summed E-state index contributed by atoms with van der Waals surface area (Å²) in [5.74, 6) is -0.978. The lowest BCUT2D eigenvalue weighted by molar-refractivity contribution is -0.380. The van der Waals surface area contributed by atoms with E-state index in [1.807, 2.05) is 6.92 Å². The zero-order chi connectivity index (χ0) is 14.0. The highest BCUT2D eigenvalue weighted by molar-refractivity contribution is 7.15. The SMILES string of the molecule is CC1(OCC(=O)O)CN(Cc2ccc([N+](=O)[O-])s2)C1. The van der Waals surface area contributed by atoms with Gasteiger partial charge in [0.15, 0.2) is 0 Å². The maximum atomic E-state index is 10.6. The second-order valence-electron chi connectivity index (χ2n) is 4.77. The second kappa shape index (κ2) is 5.24. The highest BCUT2D eigenvalue weighted by atomic mass is 32.1. The molecule has 1 aromatic heterocycles. The van der Waals surface area contributed by atoms with Crippen molar-refractivity contribution in [1.82, 2.24) is 4.90 Å². The van der Waals surface area contributed by atoms with E-state index in [9.17, 15) is 14.9 Å². The van der Waals surface area contributed by atoms with E-state index in [4.69, 9.17) is 9.84 Å². The van der Waals surface area contributed by atoms with Crippen LogP contribution in [0.1, 0.15) is 11.8 Å². The van der Waals surface area contributed by atoms with E-state index in [2.05, 4.69) is 4.90 Å². The predicted octanol–water partition coefficient (Wildman–Crippen LogP) is 1.33. The molecule has 7 nitrogen and oxygen atoms in total. The molecule has 0 aromatic carbocycles. The molecule has 1 saturated heterocycles. The van der Waals surface area contributed by atoms with Gasteiger partial charge < -0.3 is 9.84 Å². The first-order chi connectivity index (χ1) is 8.88. The Hall–Kier alpha value is -1.51. The molecule has 0 aliphatic carbocycles. The Bertz CT molecular complexity index is 495. The molecule has 8 heteroatoms. The first-order valence-corrected chi connectivity index (χ1v) is 6.51. The van der Waals surface area contributed by atoms with Gasteiger partial charge in [0.1, 0.15) is 6.61 Å². The van der Waals surface area contributed by atoms with Crippen molar-refractivity contribution in [3.8, 4) is 0 Å². The molecule has 2 heterocycles. The summed E-state index contributed by atoms with van der Waals surface area (Å²) in [6, 6.07) is 3.25. The fourth-order valence-corrected chi connectivity index (χ4v) is 2.97. The molecule has 19 heavy (non-hydrogen) atoms. The quantitative estimate of drug-likeness (QED) is 0.626. The number of carboxylic acids is 1. The van der Waals surface area contributed by atoms with Gasteiger partial charge in [-0.05, 0) is 13.0 Å². The van der Waals surface area contributed by atoms with Crippen LogP contribution in [0, 0.1) is 10.1 Å². The van der Waals surface area contributed by atoms with Crippen molar-refractivity contribution < 1.29 is 19.6 Å². The molecule has 0 radical (unpaired) electrons. The average Bonchev–Trinajstić information content (AvgIpc) is 2.73. The van der Waals surface area contributed by atoms with Crippen molar-refractivity contribution >= 4 is 22.3 Å². The first-order valence-electron chi connectivity index (χ1n) is 5.69. The van der Waals surface area contributed by atoms with E-state index in [0.29, 0.717) is 19.6 Å². The Morgan fingerprint density at radius 3 is 2.84 bits per heavy atom. The Morgan fingerprint density at radius 2 is 2.32 bits per heavy atom. The average molecular weight is 286 g/mol. The van der Waals surface area contributed by atoms with E-state index < -0.39 is 16.5 Å².